The molecule has 0 aliphatic rings. The molecule has 11 heteroatoms. The number of nitrogens with zero attached hydrogens (tertiary/aromatic N) is 6. The number of hydrogen-bond donors (Lipinski definition) is 1. The zero-order valence-electron chi connectivity index (χ0n) is 9.96. The van der Waals surface area contributed by atoms with Gasteiger partial charge in [-0.05, 0) is 0 Å². The Morgan fingerprint density at radius 2 is 2.16 bits per heavy atom. The first kappa shape index (κ1) is 13.7. The summed E-state index contributed by atoms with van der Waals surface area (Å²) in [5, 5.41) is 4.23. The number of anilines is 1. The Kier molecular flexibility index (Phi) is 3.95. The van der Waals surface area contributed by atoms with E-state index in [-0.39, 0.29) is 17.6 Å². The molecule has 0 unspecified atom stereocenters. The molecular weight excluding hydrogens is 290 g/mol. The summed E-state index contributed by atoms with van der Waals surface area (Å²) < 4.78 is 23.4. The highest BCUT2D eigenvalue weighted by Crippen LogP contribution is 2.14. The summed E-state index contributed by atoms with van der Waals surface area (Å²) in [5.74, 6) is 0.676. The van der Waals surface area contributed by atoms with Crippen molar-refractivity contribution in [3.63, 3.8) is 0 Å². The summed E-state index contributed by atoms with van der Waals surface area (Å²) in [6.45, 7) is 0. The van der Waals surface area contributed by atoms with E-state index in [2.05, 4.69) is 25.0 Å². The van der Waals surface area contributed by atoms with Gasteiger partial charge in [0.2, 0.25) is 5.95 Å². The highest BCUT2D eigenvalue weighted by molar-refractivity contribution is 8.00. The van der Waals surface area contributed by atoms with E-state index in [1.54, 1.807) is 0 Å². The van der Waals surface area contributed by atoms with Crippen LogP contribution in [0, 0.1) is 0 Å². The predicted molar refractivity (Wildman–Crippen MR) is 69.6 cm³/mol. The van der Waals surface area contributed by atoms with Crippen LogP contribution < -0.4 is 5.73 Å². The fourth-order valence-corrected chi connectivity index (χ4v) is 3.16. The van der Waals surface area contributed by atoms with Gasteiger partial charge < -0.3 is 5.73 Å². The number of nitrogen functional groups attached to an aromatic ring is 1. The zero-order chi connectivity index (χ0) is 13.9. The molecular formula is C8H11N7O2S2. The fraction of sp³-hybridized carbons (Fsp3) is 0.375. The van der Waals surface area contributed by atoms with Crippen LogP contribution in [0.4, 0.5) is 5.95 Å². The van der Waals surface area contributed by atoms with Crippen LogP contribution in [0.15, 0.2) is 17.8 Å². The van der Waals surface area contributed by atoms with E-state index in [9.17, 15) is 8.42 Å². The molecule has 2 aromatic heterocycles. The molecule has 102 valence electrons. The first-order valence-electron chi connectivity index (χ1n) is 5.11. The molecule has 0 bridgehead atoms. The number of aromatic nitrogens is 6. The number of hydrogen-bond acceptors (Lipinski definition) is 9. The van der Waals surface area contributed by atoms with Crippen LogP contribution in [0.5, 0.6) is 0 Å². The van der Waals surface area contributed by atoms with Crippen molar-refractivity contribution in [1.29, 1.82) is 0 Å². The lowest BCUT2D eigenvalue weighted by atomic mass is 10.9. The van der Waals surface area contributed by atoms with Gasteiger partial charge in [-0.15, -0.1) is 0 Å². The van der Waals surface area contributed by atoms with Crippen LogP contribution in [-0.4, -0.2) is 55.9 Å². The largest absolute Gasteiger partial charge is 0.368 e. The Morgan fingerprint density at radius 3 is 2.79 bits per heavy atom. The Hall–Kier alpha value is -1.75. The van der Waals surface area contributed by atoms with Crippen LogP contribution in [0.25, 0.3) is 5.95 Å². The quantitative estimate of drug-likeness (QED) is 0.703. The molecule has 0 saturated heterocycles. The Bertz CT molecular complexity index is 656. The lowest BCUT2D eigenvalue weighted by molar-refractivity contribution is 0.603. The second-order valence-corrected chi connectivity index (χ2v) is 6.92. The second-order valence-electron chi connectivity index (χ2n) is 3.59. The second kappa shape index (κ2) is 5.48. The van der Waals surface area contributed by atoms with Crippen molar-refractivity contribution in [3.05, 3.63) is 12.7 Å². The van der Waals surface area contributed by atoms with Crippen LogP contribution in [0.2, 0.25) is 0 Å². The minimum Gasteiger partial charge on any atom is -0.368 e. The molecule has 0 spiro atoms. The van der Waals surface area contributed by atoms with E-state index < -0.39 is 9.84 Å². The molecule has 2 aromatic rings. The number of nitrogens with two attached hydrogens (primary N) is 1. The third kappa shape index (κ3) is 4.13. The van der Waals surface area contributed by atoms with Crippen molar-refractivity contribution in [1.82, 2.24) is 29.7 Å². The van der Waals surface area contributed by atoms with Gasteiger partial charge in [-0.2, -0.15) is 24.7 Å². The van der Waals surface area contributed by atoms with E-state index in [1.807, 2.05) is 0 Å². The normalized spacial score (nSPS) is 11.6. The van der Waals surface area contributed by atoms with Crippen molar-refractivity contribution in [3.8, 4) is 5.95 Å². The average Bonchev–Trinajstić information content (AvgIpc) is 2.79. The average molecular weight is 301 g/mol. The summed E-state index contributed by atoms with van der Waals surface area (Å²) in [6, 6.07) is 0. The summed E-state index contributed by atoms with van der Waals surface area (Å²) in [4.78, 5) is 15.7. The van der Waals surface area contributed by atoms with Gasteiger partial charge in [0.05, 0.1) is 5.75 Å². The van der Waals surface area contributed by atoms with Gasteiger partial charge in [-0.3, -0.25) is 0 Å². The van der Waals surface area contributed by atoms with Crippen LogP contribution in [0.3, 0.4) is 0 Å². The van der Waals surface area contributed by atoms with E-state index in [4.69, 9.17) is 5.73 Å². The monoisotopic (exact) mass is 301 g/mol. The van der Waals surface area contributed by atoms with E-state index in [0.29, 0.717) is 10.9 Å². The van der Waals surface area contributed by atoms with Gasteiger partial charge >= 0.3 is 0 Å². The van der Waals surface area contributed by atoms with Gasteiger partial charge in [-0.1, -0.05) is 11.8 Å². The SMILES string of the molecule is CS(=O)(=O)CCSc1nc(N)nc(-n2cncn2)n1. The minimum atomic E-state index is -3.01. The molecule has 2 N–H and O–H groups in total. The van der Waals surface area contributed by atoms with Crippen molar-refractivity contribution in [2.45, 2.75) is 5.16 Å². The third-order valence-electron chi connectivity index (χ3n) is 1.93. The van der Waals surface area contributed by atoms with E-state index >= 15 is 0 Å². The van der Waals surface area contributed by atoms with Crippen LogP contribution in [-0.2, 0) is 9.84 Å². The highest BCUT2D eigenvalue weighted by atomic mass is 32.2. The minimum absolute atomic E-state index is 0.0436. The number of sulfone groups is 1. The number of thioether (sulfide) groups is 1. The zero-order valence-corrected chi connectivity index (χ0v) is 11.6. The van der Waals surface area contributed by atoms with Crippen molar-refractivity contribution in [2.24, 2.45) is 0 Å². The van der Waals surface area contributed by atoms with Crippen LogP contribution >= 0.6 is 11.8 Å². The van der Waals surface area contributed by atoms with E-state index in [0.717, 1.165) is 0 Å². The molecule has 2 heterocycles. The Morgan fingerprint density at radius 1 is 1.37 bits per heavy atom. The smallest absolute Gasteiger partial charge is 0.257 e. The maximum Gasteiger partial charge on any atom is 0.257 e. The van der Waals surface area contributed by atoms with Gasteiger partial charge in [0.15, 0.2) is 5.16 Å². The summed E-state index contributed by atoms with van der Waals surface area (Å²) in [6.07, 6.45) is 3.95. The van der Waals surface area contributed by atoms with Crippen LogP contribution in [0.1, 0.15) is 0 Å². The Labute approximate surface area is 113 Å². The van der Waals surface area contributed by atoms with Crippen molar-refractivity contribution >= 4 is 27.5 Å². The molecule has 0 aliphatic heterocycles. The molecule has 0 fully saturated rings. The summed E-state index contributed by atoms with van der Waals surface area (Å²) >= 11 is 1.19. The van der Waals surface area contributed by atoms with Crippen molar-refractivity contribution < 1.29 is 8.42 Å². The molecule has 2 rings (SSSR count). The van der Waals surface area contributed by atoms with Gasteiger partial charge in [0, 0.05) is 12.0 Å². The molecule has 0 amide bonds. The fourth-order valence-electron chi connectivity index (χ4n) is 1.12. The summed E-state index contributed by atoms with van der Waals surface area (Å²) in [7, 11) is -3.01. The van der Waals surface area contributed by atoms with E-state index in [1.165, 1.54) is 35.4 Å². The van der Waals surface area contributed by atoms with Gasteiger partial charge in [0.1, 0.15) is 22.5 Å². The number of rotatable bonds is 5. The molecule has 0 saturated carbocycles. The summed E-state index contributed by atoms with van der Waals surface area (Å²) in [5.41, 5.74) is 5.57. The maximum absolute atomic E-state index is 11.0. The third-order valence-corrected chi connectivity index (χ3v) is 3.98. The highest BCUT2D eigenvalue weighted by Gasteiger charge is 2.09. The first-order chi connectivity index (χ1) is 8.94. The molecule has 19 heavy (non-hydrogen) atoms. The molecule has 0 radical (unpaired) electrons. The lowest BCUT2D eigenvalue weighted by Crippen LogP contribution is -2.09. The topological polar surface area (TPSA) is 130 Å². The molecule has 0 aliphatic carbocycles. The predicted octanol–water partition coefficient (Wildman–Crippen LogP) is -0.829. The molecule has 9 nitrogen and oxygen atoms in total. The van der Waals surface area contributed by atoms with Gasteiger partial charge in [-0.25, -0.2) is 13.4 Å². The molecule has 0 atom stereocenters. The lowest BCUT2D eigenvalue weighted by Gasteiger charge is -2.03. The Balaban J connectivity index is 2.14. The van der Waals surface area contributed by atoms with Crippen molar-refractivity contribution in [2.75, 3.05) is 23.5 Å². The first-order valence-corrected chi connectivity index (χ1v) is 8.16. The molecule has 0 aromatic carbocycles. The van der Waals surface area contributed by atoms with Gasteiger partial charge in [0.25, 0.3) is 5.95 Å². The maximum atomic E-state index is 11.0. The standard InChI is InChI=1S/C8H11N7O2S2/c1-19(16,17)3-2-18-8-13-6(9)12-7(14-8)15-5-10-4-11-15/h4-5H,2-3H2,1H3,(H2,9,12,13,14).